The maximum absolute atomic E-state index is 12.5. The molecule has 0 spiro atoms. The van der Waals surface area contributed by atoms with Crippen LogP contribution in [0.4, 0.5) is 5.69 Å². The number of amides is 1. The average Bonchev–Trinajstić information content (AvgIpc) is 2.76. The van der Waals surface area contributed by atoms with Gasteiger partial charge in [-0.3, -0.25) is 4.79 Å². The lowest BCUT2D eigenvalue weighted by atomic mass is 10.2. The minimum Gasteiger partial charge on any atom is -0.378 e. The largest absolute Gasteiger partial charge is 0.378 e. The first-order valence-corrected chi connectivity index (χ1v) is 7.22. The fraction of sp³-hybridized carbons (Fsp3) is 0.333. The van der Waals surface area contributed by atoms with Crippen molar-refractivity contribution in [1.29, 1.82) is 0 Å². The van der Waals surface area contributed by atoms with Crippen LogP contribution in [0.2, 0.25) is 5.02 Å². The summed E-state index contributed by atoms with van der Waals surface area (Å²) in [6.45, 7) is 4.80. The second-order valence-electron chi connectivity index (χ2n) is 4.97. The molecule has 1 saturated heterocycles. The zero-order valence-corrected chi connectivity index (χ0v) is 12.5. The summed E-state index contributed by atoms with van der Waals surface area (Å²) in [5, 5.41) is 6.32. The number of nitrogens with zero attached hydrogens (tertiary/aromatic N) is 3. The van der Waals surface area contributed by atoms with E-state index in [1.54, 1.807) is 18.2 Å². The Kier molecular flexibility index (Phi) is 3.94. The number of benzene rings is 1. The van der Waals surface area contributed by atoms with Crippen molar-refractivity contribution in [2.24, 2.45) is 5.10 Å². The van der Waals surface area contributed by atoms with Crippen LogP contribution in [0.25, 0.3) is 0 Å². The summed E-state index contributed by atoms with van der Waals surface area (Å²) in [6, 6.07) is 7.12. The lowest BCUT2D eigenvalue weighted by Gasteiger charge is -2.25. The minimum atomic E-state index is -0.124. The molecule has 21 heavy (non-hydrogen) atoms. The van der Waals surface area contributed by atoms with Gasteiger partial charge in [0, 0.05) is 24.3 Å². The Balaban J connectivity index is 1.85. The molecule has 0 aromatic heterocycles. The molecule has 2 aliphatic heterocycles. The van der Waals surface area contributed by atoms with Gasteiger partial charge in [-0.25, -0.2) is 0 Å². The fourth-order valence-electron chi connectivity index (χ4n) is 2.34. The van der Waals surface area contributed by atoms with Crippen LogP contribution < -0.4 is 5.01 Å². The number of hydrogen-bond acceptors (Lipinski definition) is 4. The Labute approximate surface area is 128 Å². The van der Waals surface area contributed by atoms with E-state index in [2.05, 4.69) is 10.0 Å². The van der Waals surface area contributed by atoms with E-state index in [1.807, 2.05) is 19.2 Å². The monoisotopic (exact) mass is 305 g/mol. The smallest absolute Gasteiger partial charge is 0.282 e. The molecular weight excluding hydrogens is 290 g/mol. The van der Waals surface area contributed by atoms with Crippen molar-refractivity contribution in [1.82, 2.24) is 4.90 Å². The Bertz CT molecular complexity index is 621. The third-order valence-electron chi connectivity index (χ3n) is 3.47. The molecule has 5 nitrogen and oxygen atoms in total. The van der Waals surface area contributed by atoms with Gasteiger partial charge in [0.05, 0.1) is 30.2 Å². The van der Waals surface area contributed by atoms with Crippen molar-refractivity contribution in [2.75, 3.05) is 31.3 Å². The molecule has 0 N–H and O–H groups in total. The number of hydrogen-bond donors (Lipinski definition) is 0. The van der Waals surface area contributed by atoms with Gasteiger partial charge < -0.3 is 9.64 Å². The third kappa shape index (κ3) is 2.94. The van der Waals surface area contributed by atoms with Gasteiger partial charge in [-0.1, -0.05) is 17.7 Å². The zero-order valence-electron chi connectivity index (χ0n) is 11.8. The first-order valence-electron chi connectivity index (χ1n) is 6.84. The summed E-state index contributed by atoms with van der Waals surface area (Å²) in [7, 11) is 0. The van der Waals surface area contributed by atoms with Gasteiger partial charge in [-0.15, -0.1) is 0 Å². The minimum absolute atomic E-state index is 0.124. The summed E-state index contributed by atoms with van der Waals surface area (Å²) in [5.74, 6) is -0.124. The Morgan fingerprint density at radius 3 is 2.81 bits per heavy atom. The molecule has 0 atom stereocenters. The predicted octanol–water partition coefficient (Wildman–Crippen LogP) is 2.28. The van der Waals surface area contributed by atoms with Crippen LogP contribution in [0.3, 0.4) is 0 Å². The highest BCUT2D eigenvalue weighted by molar-refractivity contribution is 6.32. The lowest BCUT2D eigenvalue weighted by molar-refractivity contribution is -0.114. The summed E-state index contributed by atoms with van der Waals surface area (Å²) < 4.78 is 5.31. The van der Waals surface area contributed by atoms with Gasteiger partial charge in [0.2, 0.25) is 0 Å². The molecule has 6 heteroatoms. The molecule has 110 valence electrons. The molecule has 0 bridgehead atoms. The standard InChI is InChI=1S/C15H16ClN3O2/c1-11-14(10-18-5-7-21-8-6-18)15(20)19(17-11)13-4-2-3-12(16)9-13/h2-4,9-10H,5-8H2,1H3/b14-10-. The number of halogens is 1. The summed E-state index contributed by atoms with van der Waals surface area (Å²) in [4.78, 5) is 14.6. The second kappa shape index (κ2) is 5.87. The van der Waals surface area contributed by atoms with E-state index >= 15 is 0 Å². The number of hydrazone groups is 1. The molecule has 0 saturated carbocycles. The first kappa shape index (κ1) is 14.1. The van der Waals surface area contributed by atoms with Gasteiger partial charge in [0.25, 0.3) is 5.91 Å². The van der Waals surface area contributed by atoms with Crippen molar-refractivity contribution in [3.63, 3.8) is 0 Å². The molecule has 1 fully saturated rings. The van der Waals surface area contributed by atoms with Crippen LogP contribution in [-0.4, -0.2) is 42.8 Å². The number of anilines is 1. The van der Waals surface area contributed by atoms with Crippen molar-refractivity contribution in [2.45, 2.75) is 6.92 Å². The van der Waals surface area contributed by atoms with Crippen LogP contribution in [0.15, 0.2) is 41.1 Å². The Hall–Kier alpha value is -1.85. The highest BCUT2D eigenvalue weighted by Crippen LogP contribution is 2.26. The van der Waals surface area contributed by atoms with Crippen LogP contribution >= 0.6 is 11.6 Å². The van der Waals surface area contributed by atoms with Crippen LogP contribution in [0, 0.1) is 0 Å². The Morgan fingerprint density at radius 1 is 1.33 bits per heavy atom. The molecule has 0 unspecified atom stereocenters. The van der Waals surface area contributed by atoms with Gasteiger partial charge in [-0.05, 0) is 25.1 Å². The second-order valence-corrected chi connectivity index (χ2v) is 5.41. The molecule has 2 heterocycles. The molecule has 2 aliphatic rings. The van der Waals surface area contributed by atoms with Gasteiger partial charge >= 0.3 is 0 Å². The van der Waals surface area contributed by atoms with E-state index in [9.17, 15) is 4.79 Å². The summed E-state index contributed by atoms with van der Waals surface area (Å²) in [5.41, 5.74) is 2.01. The number of rotatable bonds is 2. The maximum Gasteiger partial charge on any atom is 0.282 e. The highest BCUT2D eigenvalue weighted by atomic mass is 35.5. The van der Waals surface area contributed by atoms with Crippen LogP contribution in [0.5, 0.6) is 0 Å². The van der Waals surface area contributed by atoms with Gasteiger partial charge in [0.1, 0.15) is 0 Å². The fourth-order valence-corrected chi connectivity index (χ4v) is 2.52. The van der Waals surface area contributed by atoms with Crippen molar-refractivity contribution in [3.8, 4) is 0 Å². The first-order chi connectivity index (χ1) is 10.1. The van der Waals surface area contributed by atoms with E-state index < -0.39 is 0 Å². The zero-order chi connectivity index (χ0) is 14.8. The normalized spacial score (nSPS) is 21.1. The topological polar surface area (TPSA) is 45.1 Å². The third-order valence-corrected chi connectivity index (χ3v) is 3.71. The van der Waals surface area contributed by atoms with Crippen molar-refractivity contribution < 1.29 is 9.53 Å². The van der Waals surface area contributed by atoms with Crippen LogP contribution in [-0.2, 0) is 9.53 Å². The molecule has 1 amide bonds. The van der Waals surface area contributed by atoms with E-state index in [-0.39, 0.29) is 5.91 Å². The van der Waals surface area contributed by atoms with Crippen molar-refractivity contribution in [3.05, 3.63) is 41.1 Å². The highest BCUT2D eigenvalue weighted by Gasteiger charge is 2.29. The number of carbonyl (C=O) groups excluding carboxylic acids is 1. The lowest BCUT2D eigenvalue weighted by Crippen LogP contribution is -2.33. The SMILES string of the molecule is CC1=NN(c2cccc(Cl)c2)C(=O)/C1=C\N1CCOCC1. The van der Waals surface area contributed by atoms with E-state index in [1.165, 1.54) is 5.01 Å². The molecule has 1 aromatic carbocycles. The summed E-state index contributed by atoms with van der Waals surface area (Å²) >= 11 is 5.98. The van der Waals surface area contributed by atoms with E-state index in [4.69, 9.17) is 16.3 Å². The molecular formula is C15H16ClN3O2. The van der Waals surface area contributed by atoms with Crippen molar-refractivity contribution >= 4 is 28.9 Å². The average molecular weight is 306 g/mol. The van der Waals surface area contributed by atoms with Gasteiger partial charge in [-0.2, -0.15) is 10.1 Å². The van der Waals surface area contributed by atoms with E-state index in [0.717, 1.165) is 13.1 Å². The molecule has 0 radical (unpaired) electrons. The number of morpholine rings is 1. The quantitative estimate of drug-likeness (QED) is 0.788. The van der Waals surface area contributed by atoms with Gasteiger partial charge in [0.15, 0.2) is 0 Å². The molecule has 3 rings (SSSR count). The molecule has 1 aromatic rings. The number of carbonyl (C=O) groups is 1. The van der Waals surface area contributed by atoms with E-state index in [0.29, 0.717) is 35.2 Å². The number of ether oxygens (including phenoxy) is 1. The Morgan fingerprint density at radius 2 is 2.10 bits per heavy atom. The van der Waals surface area contributed by atoms with Crippen LogP contribution in [0.1, 0.15) is 6.92 Å². The predicted molar refractivity (Wildman–Crippen MR) is 82.5 cm³/mol. The molecule has 0 aliphatic carbocycles. The summed E-state index contributed by atoms with van der Waals surface area (Å²) in [6.07, 6.45) is 1.88. The maximum atomic E-state index is 12.5.